The molecule has 1 atom stereocenters. The molecule has 0 saturated carbocycles. The molecule has 0 aliphatic carbocycles. The summed E-state index contributed by atoms with van der Waals surface area (Å²) in [5, 5.41) is 5.09. The van der Waals surface area contributed by atoms with E-state index in [1.54, 1.807) is 19.5 Å². The Morgan fingerprint density at radius 2 is 2.08 bits per heavy atom. The highest BCUT2D eigenvalue weighted by Gasteiger charge is 2.31. The van der Waals surface area contributed by atoms with Crippen molar-refractivity contribution in [2.24, 2.45) is 4.99 Å². The predicted octanol–water partition coefficient (Wildman–Crippen LogP) is 3.08. The SMILES string of the molecule is CCOC(=O)C1=C(C)NC(c2cscn2)=N[C@H]1c1ccc(OC)cc1. The highest BCUT2D eigenvalue weighted by atomic mass is 32.1. The fourth-order valence-electron chi connectivity index (χ4n) is 2.64. The average molecular weight is 357 g/mol. The van der Waals surface area contributed by atoms with E-state index in [1.807, 2.05) is 36.6 Å². The van der Waals surface area contributed by atoms with Crippen LogP contribution in [0.1, 0.15) is 31.1 Å². The molecule has 3 rings (SSSR count). The number of allylic oxidation sites excluding steroid dienone is 1. The number of carbonyl (C=O) groups is 1. The first-order valence-electron chi connectivity index (χ1n) is 7.89. The number of nitrogens with one attached hydrogen (secondary N) is 1. The zero-order valence-electron chi connectivity index (χ0n) is 14.3. The number of esters is 1. The lowest BCUT2D eigenvalue weighted by molar-refractivity contribution is -0.138. The molecule has 0 fully saturated rings. The van der Waals surface area contributed by atoms with E-state index in [1.165, 1.54) is 11.3 Å². The molecular formula is C18H19N3O3S. The smallest absolute Gasteiger partial charge is 0.338 e. The minimum Gasteiger partial charge on any atom is -0.497 e. The van der Waals surface area contributed by atoms with E-state index >= 15 is 0 Å². The molecule has 1 N–H and O–H groups in total. The molecule has 1 aromatic heterocycles. The fourth-order valence-corrected chi connectivity index (χ4v) is 3.17. The van der Waals surface area contributed by atoms with Gasteiger partial charge in [0.15, 0.2) is 5.84 Å². The van der Waals surface area contributed by atoms with E-state index in [9.17, 15) is 4.79 Å². The molecule has 0 radical (unpaired) electrons. The molecular weight excluding hydrogens is 338 g/mol. The largest absolute Gasteiger partial charge is 0.497 e. The molecule has 6 nitrogen and oxygen atoms in total. The maximum Gasteiger partial charge on any atom is 0.338 e. The second-order valence-electron chi connectivity index (χ2n) is 5.41. The van der Waals surface area contributed by atoms with Gasteiger partial charge in [0.05, 0.1) is 24.8 Å². The number of ether oxygens (including phenoxy) is 2. The van der Waals surface area contributed by atoms with Crippen molar-refractivity contribution < 1.29 is 14.3 Å². The zero-order chi connectivity index (χ0) is 17.8. The first-order valence-corrected chi connectivity index (χ1v) is 8.83. The molecule has 0 spiro atoms. The summed E-state index contributed by atoms with van der Waals surface area (Å²) in [6, 6.07) is 7.07. The summed E-state index contributed by atoms with van der Waals surface area (Å²) in [6.07, 6.45) is 0. The van der Waals surface area contributed by atoms with Gasteiger partial charge >= 0.3 is 5.97 Å². The minimum absolute atomic E-state index is 0.313. The Bertz CT molecular complexity index is 811. The van der Waals surface area contributed by atoms with Crippen LogP contribution in [-0.2, 0) is 9.53 Å². The summed E-state index contributed by atoms with van der Waals surface area (Å²) < 4.78 is 10.4. The Hall–Kier alpha value is -2.67. The van der Waals surface area contributed by atoms with Gasteiger partial charge in [0, 0.05) is 11.1 Å². The third kappa shape index (κ3) is 3.56. The number of carbonyl (C=O) groups excluding carboxylic acids is 1. The van der Waals surface area contributed by atoms with Crippen LogP contribution in [0.4, 0.5) is 0 Å². The number of amidine groups is 1. The van der Waals surface area contributed by atoms with Crippen molar-refractivity contribution in [2.45, 2.75) is 19.9 Å². The summed E-state index contributed by atoms with van der Waals surface area (Å²) in [5.41, 5.74) is 4.62. The van der Waals surface area contributed by atoms with Crippen LogP contribution in [0.25, 0.3) is 0 Å². The number of aromatic nitrogens is 1. The number of aliphatic imine (C=N–C) groups is 1. The molecule has 0 amide bonds. The van der Waals surface area contributed by atoms with Gasteiger partial charge in [0.2, 0.25) is 0 Å². The number of benzene rings is 1. The molecule has 2 heterocycles. The number of hydrogen-bond acceptors (Lipinski definition) is 7. The lowest BCUT2D eigenvalue weighted by Gasteiger charge is -2.25. The molecule has 2 aromatic rings. The van der Waals surface area contributed by atoms with Gasteiger partial charge in [-0.2, -0.15) is 0 Å². The van der Waals surface area contributed by atoms with Crippen LogP contribution in [-0.4, -0.2) is 30.5 Å². The van der Waals surface area contributed by atoms with Crippen molar-refractivity contribution in [1.82, 2.24) is 10.3 Å². The van der Waals surface area contributed by atoms with Gasteiger partial charge in [0.1, 0.15) is 17.5 Å². The third-order valence-electron chi connectivity index (χ3n) is 3.84. The average Bonchev–Trinajstić information content (AvgIpc) is 3.16. The number of thiazole rings is 1. The highest BCUT2D eigenvalue weighted by molar-refractivity contribution is 7.07. The van der Waals surface area contributed by atoms with Crippen LogP contribution in [0, 0.1) is 0 Å². The lowest BCUT2D eigenvalue weighted by Crippen LogP contribution is -2.33. The molecule has 1 aromatic carbocycles. The summed E-state index contributed by atoms with van der Waals surface area (Å²) in [4.78, 5) is 21.5. The van der Waals surface area contributed by atoms with Crippen molar-refractivity contribution in [1.29, 1.82) is 0 Å². The Balaban J connectivity index is 2.04. The maximum atomic E-state index is 12.5. The van der Waals surface area contributed by atoms with Gasteiger partial charge in [-0.3, -0.25) is 4.99 Å². The summed E-state index contributed by atoms with van der Waals surface area (Å²) >= 11 is 1.50. The first-order chi connectivity index (χ1) is 12.1. The molecule has 1 aliphatic heterocycles. The topological polar surface area (TPSA) is 72.8 Å². The molecule has 7 heteroatoms. The standard InChI is InChI=1S/C18H19N3O3S/c1-4-24-18(22)15-11(2)20-17(14-9-25-10-19-14)21-16(15)12-5-7-13(23-3)8-6-12/h5-10,16H,4H2,1-3H3,(H,20,21)/t16-/m0/s1. The molecule has 130 valence electrons. The lowest BCUT2D eigenvalue weighted by atomic mass is 9.96. The Morgan fingerprint density at radius 3 is 2.68 bits per heavy atom. The number of hydrogen-bond donors (Lipinski definition) is 1. The van der Waals surface area contributed by atoms with E-state index < -0.39 is 6.04 Å². The normalized spacial score (nSPS) is 16.9. The van der Waals surface area contributed by atoms with Crippen molar-refractivity contribution in [2.75, 3.05) is 13.7 Å². The van der Waals surface area contributed by atoms with Gasteiger partial charge in [-0.1, -0.05) is 12.1 Å². The second kappa shape index (κ2) is 7.48. The zero-order valence-corrected chi connectivity index (χ0v) is 15.1. The molecule has 25 heavy (non-hydrogen) atoms. The van der Waals surface area contributed by atoms with Crippen LogP contribution in [0.5, 0.6) is 5.75 Å². The van der Waals surface area contributed by atoms with Crippen molar-refractivity contribution in [3.8, 4) is 5.75 Å². The summed E-state index contributed by atoms with van der Waals surface area (Å²) in [5.74, 6) is 1.03. The monoisotopic (exact) mass is 357 g/mol. The fraction of sp³-hybridized carbons (Fsp3) is 0.278. The third-order valence-corrected chi connectivity index (χ3v) is 4.43. The van der Waals surface area contributed by atoms with Gasteiger partial charge in [-0.25, -0.2) is 9.78 Å². The molecule has 0 unspecified atom stereocenters. The van der Waals surface area contributed by atoms with E-state index in [2.05, 4.69) is 10.3 Å². The van der Waals surface area contributed by atoms with Crippen LogP contribution >= 0.6 is 11.3 Å². The van der Waals surface area contributed by atoms with Crippen LogP contribution in [0.3, 0.4) is 0 Å². The highest BCUT2D eigenvalue weighted by Crippen LogP contribution is 2.33. The number of nitrogens with zero attached hydrogens (tertiary/aromatic N) is 2. The Kier molecular flexibility index (Phi) is 5.14. The molecule has 0 bridgehead atoms. The van der Waals surface area contributed by atoms with Crippen molar-refractivity contribution >= 4 is 23.1 Å². The summed E-state index contributed by atoms with van der Waals surface area (Å²) in [6.45, 7) is 3.95. The van der Waals surface area contributed by atoms with Crippen LogP contribution < -0.4 is 10.1 Å². The van der Waals surface area contributed by atoms with Gasteiger partial charge in [-0.15, -0.1) is 11.3 Å². The Labute approximate surface area is 150 Å². The first kappa shape index (κ1) is 17.2. The molecule has 0 saturated heterocycles. The van der Waals surface area contributed by atoms with Crippen molar-refractivity contribution in [3.63, 3.8) is 0 Å². The van der Waals surface area contributed by atoms with Gasteiger partial charge < -0.3 is 14.8 Å². The van der Waals surface area contributed by atoms with E-state index in [-0.39, 0.29) is 5.97 Å². The second-order valence-corrected chi connectivity index (χ2v) is 6.13. The quantitative estimate of drug-likeness (QED) is 0.833. The predicted molar refractivity (Wildman–Crippen MR) is 96.9 cm³/mol. The maximum absolute atomic E-state index is 12.5. The van der Waals surface area contributed by atoms with E-state index in [4.69, 9.17) is 14.5 Å². The van der Waals surface area contributed by atoms with Crippen LogP contribution in [0.15, 0.2) is 51.4 Å². The number of methoxy groups -OCH3 is 1. The van der Waals surface area contributed by atoms with Crippen LogP contribution in [0.2, 0.25) is 0 Å². The Morgan fingerprint density at radius 1 is 1.32 bits per heavy atom. The molecule has 1 aliphatic rings. The minimum atomic E-state index is -0.456. The van der Waals surface area contributed by atoms with Gasteiger partial charge in [0.25, 0.3) is 0 Å². The van der Waals surface area contributed by atoms with Gasteiger partial charge in [-0.05, 0) is 31.5 Å². The van der Waals surface area contributed by atoms with E-state index in [0.29, 0.717) is 18.0 Å². The summed E-state index contributed by atoms with van der Waals surface area (Å²) in [7, 11) is 1.62. The van der Waals surface area contributed by atoms with E-state index in [0.717, 1.165) is 22.7 Å². The number of rotatable bonds is 5. The van der Waals surface area contributed by atoms with Crippen molar-refractivity contribution in [3.05, 3.63) is 57.7 Å².